The van der Waals surface area contributed by atoms with E-state index in [9.17, 15) is 4.79 Å². The third-order valence-corrected chi connectivity index (χ3v) is 4.95. The molecule has 7 heteroatoms. The van der Waals surface area contributed by atoms with Crippen molar-refractivity contribution in [3.8, 4) is 28.5 Å². The lowest BCUT2D eigenvalue weighted by Gasteiger charge is -2.12. The quantitative estimate of drug-likeness (QED) is 0.567. The summed E-state index contributed by atoms with van der Waals surface area (Å²) in [6, 6.07) is 11.6. The van der Waals surface area contributed by atoms with Gasteiger partial charge in [-0.05, 0) is 30.7 Å². The first-order valence-corrected chi connectivity index (χ1v) is 9.73. The highest BCUT2D eigenvalue weighted by Crippen LogP contribution is 2.38. The molecule has 2 aromatic carbocycles. The third-order valence-electron chi connectivity index (χ3n) is 4.20. The van der Waals surface area contributed by atoms with Gasteiger partial charge in [0.1, 0.15) is 0 Å². The summed E-state index contributed by atoms with van der Waals surface area (Å²) in [6.07, 6.45) is 3.11. The minimum Gasteiger partial charge on any atom is -0.493 e. The van der Waals surface area contributed by atoms with Crippen LogP contribution in [0.1, 0.15) is 11.1 Å². The number of hydrogen-bond donors (Lipinski definition) is 1. The second-order valence-electron chi connectivity index (χ2n) is 6.19. The third kappa shape index (κ3) is 4.94. The number of thiazole rings is 1. The van der Waals surface area contributed by atoms with Crippen LogP contribution in [-0.2, 0) is 4.79 Å². The number of methoxy groups -OCH3 is 3. The average Bonchev–Trinajstić information content (AvgIpc) is 3.20. The number of benzene rings is 2. The summed E-state index contributed by atoms with van der Waals surface area (Å²) in [5.74, 6) is 1.27. The van der Waals surface area contributed by atoms with Crippen molar-refractivity contribution in [3.05, 3.63) is 59.0 Å². The molecule has 1 aromatic heterocycles. The van der Waals surface area contributed by atoms with Crippen molar-refractivity contribution in [1.82, 2.24) is 4.98 Å². The van der Waals surface area contributed by atoms with E-state index in [1.807, 2.05) is 36.6 Å². The molecule has 3 rings (SSSR count). The molecule has 29 heavy (non-hydrogen) atoms. The van der Waals surface area contributed by atoms with Gasteiger partial charge < -0.3 is 14.2 Å². The standard InChI is InChI=1S/C22H22N2O4S/c1-14-5-8-16(9-6-14)17-13-29-22(23-17)24-20(25)10-7-15-11-18(26-2)21(28-4)19(12-15)27-3/h5-13H,1-4H3,(H,23,24,25)/b10-7+. The van der Waals surface area contributed by atoms with Gasteiger partial charge in [0, 0.05) is 17.0 Å². The number of nitrogens with zero attached hydrogens (tertiary/aromatic N) is 1. The lowest BCUT2D eigenvalue weighted by Crippen LogP contribution is -2.07. The number of anilines is 1. The van der Waals surface area contributed by atoms with Gasteiger partial charge in [-0.25, -0.2) is 4.98 Å². The second-order valence-corrected chi connectivity index (χ2v) is 7.04. The Balaban J connectivity index is 1.71. The summed E-state index contributed by atoms with van der Waals surface area (Å²) >= 11 is 1.38. The summed E-state index contributed by atoms with van der Waals surface area (Å²) in [4.78, 5) is 16.8. The molecule has 0 aliphatic heterocycles. The molecule has 1 amide bonds. The largest absolute Gasteiger partial charge is 0.493 e. The molecule has 0 unspecified atom stereocenters. The van der Waals surface area contributed by atoms with Gasteiger partial charge in [-0.1, -0.05) is 29.8 Å². The lowest BCUT2D eigenvalue weighted by molar-refractivity contribution is -0.111. The molecule has 0 bridgehead atoms. The summed E-state index contributed by atoms with van der Waals surface area (Å²) in [5.41, 5.74) is 3.78. The normalized spacial score (nSPS) is 10.8. The topological polar surface area (TPSA) is 69.7 Å². The van der Waals surface area contributed by atoms with Crippen LogP contribution in [0.3, 0.4) is 0 Å². The molecule has 1 N–H and O–H groups in total. The first kappa shape index (κ1) is 20.4. The molecular formula is C22H22N2O4S. The van der Waals surface area contributed by atoms with Crippen LogP contribution in [0.5, 0.6) is 17.2 Å². The summed E-state index contributed by atoms with van der Waals surface area (Å²) in [7, 11) is 4.64. The number of aryl methyl sites for hydroxylation is 1. The summed E-state index contributed by atoms with van der Waals surface area (Å²) in [6.45, 7) is 2.04. The number of carbonyl (C=O) groups is 1. The molecule has 6 nitrogen and oxygen atoms in total. The van der Waals surface area contributed by atoms with Gasteiger partial charge in [-0.15, -0.1) is 11.3 Å². The number of hydrogen-bond acceptors (Lipinski definition) is 6. The molecule has 0 saturated heterocycles. The second kappa shape index (κ2) is 9.25. The smallest absolute Gasteiger partial charge is 0.250 e. The Morgan fingerprint density at radius 1 is 1.03 bits per heavy atom. The number of aromatic nitrogens is 1. The zero-order valence-electron chi connectivity index (χ0n) is 16.7. The predicted octanol–water partition coefficient (Wildman–Crippen LogP) is 4.80. The first-order chi connectivity index (χ1) is 14.0. The van der Waals surface area contributed by atoms with Gasteiger partial charge in [0.05, 0.1) is 27.0 Å². The Hall–Kier alpha value is -3.32. The maximum Gasteiger partial charge on any atom is 0.250 e. The van der Waals surface area contributed by atoms with Crippen molar-refractivity contribution in [1.29, 1.82) is 0 Å². The average molecular weight is 410 g/mol. The van der Waals surface area contributed by atoms with Crippen LogP contribution in [-0.4, -0.2) is 32.2 Å². The molecule has 0 aliphatic carbocycles. The molecule has 0 aliphatic rings. The van der Waals surface area contributed by atoms with Crippen LogP contribution in [0, 0.1) is 6.92 Å². The molecule has 150 valence electrons. The van der Waals surface area contributed by atoms with E-state index >= 15 is 0 Å². The SMILES string of the molecule is COc1cc(/C=C/C(=O)Nc2nc(-c3ccc(C)cc3)cs2)cc(OC)c1OC. The predicted molar refractivity (Wildman–Crippen MR) is 116 cm³/mol. The van der Waals surface area contributed by atoms with E-state index in [2.05, 4.69) is 10.3 Å². The van der Waals surface area contributed by atoms with Crippen molar-refractivity contribution < 1.29 is 19.0 Å². The Bertz CT molecular complexity index is 1000. The number of amides is 1. The zero-order chi connectivity index (χ0) is 20.8. The maximum absolute atomic E-state index is 12.3. The summed E-state index contributed by atoms with van der Waals surface area (Å²) in [5, 5.41) is 5.25. The van der Waals surface area contributed by atoms with E-state index in [0.717, 1.165) is 16.8 Å². The van der Waals surface area contributed by atoms with Gasteiger partial charge in [0.2, 0.25) is 11.7 Å². The fraction of sp³-hybridized carbons (Fsp3) is 0.182. The van der Waals surface area contributed by atoms with Crippen LogP contribution < -0.4 is 19.5 Å². The van der Waals surface area contributed by atoms with Gasteiger partial charge >= 0.3 is 0 Å². The van der Waals surface area contributed by atoms with Crippen molar-refractivity contribution in [2.24, 2.45) is 0 Å². The van der Waals surface area contributed by atoms with Crippen molar-refractivity contribution >= 4 is 28.5 Å². The van der Waals surface area contributed by atoms with Gasteiger partial charge in [-0.2, -0.15) is 0 Å². The molecule has 0 spiro atoms. The molecule has 0 atom stereocenters. The van der Waals surface area contributed by atoms with E-state index in [-0.39, 0.29) is 5.91 Å². The van der Waals surface area contributed by atoms with E-state index in [1.165, 1.54) is 23.0 Å². The number of ether oxygens (including phenoxy) is 3. The number of carbonyl (C=O) groups excluding carboxylic acids is 1. The Kier molecular flexibility index (Phi) is 6.51. The highest BCUT2D eigenvalue weighted by Gasteiger charge is 2.12. The summed E-state index contributed by atoms with van der Waals surface area (Å²) < 4.78 is 16.0. The van der Waals surface area contributed by atoms with Crippen LogP contribution in [0.15, 0.2) is 47.9 Å². The van der Waals surface area contributed by atoms with Gasteiger partial charge in [0.15, 0.2) is 16.6 Å². The van der Waals surface area contributed by atoms with Crippen LogP contribution in [0.25, 0.3) is 17.3 Å². The first-order valence-electron chi connectivity index (χ1n) is 8.85. The molecule has 0 saturated carbocycles. The Morgan fingerprint density at radius 3 is 2.28 bits per heavy atom. The van der Waals surface area contributed by atoms with Crippen molar-refractivity contribution in [3.63, 3.8) is 0 Å². The highest BCUT2D eigenvalue weighted by atomic mass is 32.1. The highest BCUT2D eigenvalue weighted by molar-refractivity contribution is 7.14. The molecular weight excluding hydrogens is 388 g/mol. The fourth-order valence-corrected chi connectivity index (χ4v) is 3.43. The van der Waals surface area contributed by atoms with Gasteiger partial charge in [-0.3, -0.25) is 10.1 Å². The molecule has 0 radical (unpaired) electrons. The van der Waals surface area contributed by atoms with E-state index < -0.39 is 0 Å². The van der Waals surface area contributed by atoms with Crippen molar-refractivity contribution in [2.45, 2.75) is 6.92 Å². The molecule has 3 aromatic rings. The van der Waals surface area contributed by atoms with Crippen LogP contribution in [0.4, 0.5) is 5.13 Å². The Morgan fingerprint density at radius 2 is 1.69 bits per heavy atom. The molecule has 0 fully saturated rings. The molecule has 1 heterocycles. The maximum atomic E-state index is 12.3. The number of nitrogens with one attached hydrogen (secondary N) is 1. The van der Waals surface area contributed by atoms with Crippen molar-refractivity contribution in [2.75, 3.05) is 26.6 Å². The van der Waals surface area contributed by atoms with E-state index in [4.69, 9.17) is 14.2 Å². The number of rotatable bonds is 7. The lowest BCUT2D eigenvalue weighted by atomic mass is 10.1. The monoisotopic (exact) mass is 410 g/mol. The van der Waals surface area contributed by atoms with E-state index in [1.54, 1.807) is 39.5 Å². The van der Waals surface area contributed by atoms with Gasteiger partial charge in [0.25, 0.3) is 0 Å². The van der Waals surface area contributed by atoms with E-state index in [0.29, 0.717) is 22.4 Å². The fourth-order valence-electron chi connectivity index (χ4n) is 2.70. The van der Waals surface area contributed by atoms with Crippen LogP contribution >= 0.6 is 11.3 Å². The zero-order valence-corrected chi connectivity index (χ0v) is 17.5. The Labute approximate surface area is 173 Å². The minimum atomic E-state index is -0.274. The van der Waals surface area contributed by atoms with Crippen LogP contribution in [0.2, 0.25) is 0 Å². The minimum absolute atomic E-state index is 0.274.